The van der Waals surface area contributed by atoms with Gasteiger partial charge in [0.05, 0.1) is 22.1 Å². The van der Waals surface area contributed by atoms with E-state index in [4.69, 9.17) is 0 Å². The summed E-state index contributed by atoms with van der Waals surface area (Å²) in [6.45, 7) is 15.7. The van der Waals surface area contributed by atoms with Gasteiger partial charge in [-0.25, -0.2) is 0 Å². The number of nitrogens with zero attached hydrogens (tertiary/aromatic N) is 3. The Balaban J connectivity index is 0.923. The molecule has 66 heavy (non-hydrogen) atoms. The second-order valence-corrected chi connectivity index (χ2v) is 20.0. The van der Waals surface area contributed by atoms with E-state index in [0.717, 1.165) is 22.7 Å². The fourth-order valence-corrected chi connectivity index (χ4v) is 9.83. The molecule has 9 aromatic carbocycles. The standard InChI is InChI=1S/C63H55N3/c1-42-16-28-52(29-17-42)65-58-14-10-8-12-54(58)56-40-45(22-38-60(56)65)46-23-39-61-57(41-46)55-13-9-11-15-59(55)66(61)53-32-20-44(21-33-53)43-18-30-49(31-19-43)64(50-34-24-47(25-35-50)62(2,3)4)51-36-26-48(27-37-51)63(5,6)7/h8-41H,1-7H3. The van der Waals surface area contributed by atoms with Crippen molar-refractivity contribution in [3.8, 4) is 33.6 Å². The predicted molar refractivity (Wildman–Crippen MR) is 283 cm³/mol. The van der Waals surface area contributed by atoms with Crippen molar-refractivity contribution in [1.82, 2.24) is 9.13 Å². The molecule has 0 unspecified atom stereocenters. The van der Waals surface area contributed by atoms with Crippen molar-refractivity contribution in [3.05, 3.63) is 223 Å². The third kappa shape index (κ3) is 7.26. The molecule has 11 rings (SSSR count). The molecule has 2 heterocycles. The number of aryl methyl sites for hydroxylation is 1. The van der Waals surface area contributed by atoms with E-state index in [1.54, 1.807) is 0 Å². The largest absolute Gasteiger partial charge is 0.311 e. The van der Waals surface area contributed by atoms with E-state index in [1.807, 2.05) is 0 Å². The van der Waals surface area contributed by atoms with Gasteiger partial charge in [0.1, 0.15) is 0 Å². The lowest BCUT2D eigenvalue weighted by Gasteiger charge is -2.28. The fourth-order valence-electron chi connectivity index (χ4n) is 9.83. The summed E-state index contributed by atoms with van der Waals surface area (Å²) in [7, 11) is 0. The second kappa shape index (κ2) is 15.8. The van der Waals surface area contributed by atoms with Crippen molar-refractivity contribution in [3.63, 3.8) is 0 Å². The number of hydrogen-bond acceptors (Lipinski definition) is 1. The van der Waals surface area contributed by atoms with Gasteiger partial charge in [-0.3, -0.25) is 0 Å². The number of fused-ring (bicyclic) bond motifs is 6. The van der Waals surface area contributed by atoms with Gasteiger partial charge in [0, 0.05) is 50.0 Å². The van der Waals surface area contributed by atoms with Gasteiger partial charge >= 0.3 is 0 Å². The Morgan fingerprint density at radius 2 is 0.652 bits per heavy atom. The van der Waals surface area contributed by atoms with Crippen LogP contribution < -0.4 is 4.90 Å². The third-order valence-corrected chi connectivity index (χ3v) is 13.5. The minimum atomic E-state index is 0.0869. The van der Waals surface area contributed by atoms with Crippen LogP contribution in [0.4, 0.5) is 17.1 Å². The molecule has 11 aromatic rings. The van der Waals surface area contributed by atoms with Gasteiger partial charge in [0.15, 0.2) is 0 Å². The van der Waals surface area contributed by atoms with Gasteiger partial charge in [-0.1, -0.05) is 156 Å². The van der Waals surface area contributed by atoms with E-state index < -0.39 is 0 Å². The average Bonchev–Trinajstić information content (AvgIpc) is 3.84. The summed E-state index contributed by atoms with van der Waals surface area (Å²) in [5.74, 6) is 0. The quantitative estimate of drug-likeness (QED) is 0.156. The first-order chi connectivity index (χ1) is 31.9. The van der Waals surface area contributed by atoms with Crippen molar-refractivity contribution in [2.75, 3.05) is 4.90 Å². The van der Waals surface area contributed by atoms with Gasteiger partial charge < -0.3 is 14.0 Å². The number of benzene rings is 9. The summed E-state index contributed by atoms with van der Waals surface area (Å²) in [4.78, 5) is 2.36. The summed E-state index contributed by atoms with van der Waals surface area (Å²) in [6.07, 6.45) is 0. The number of para-hydroxylation sites is 2. The molecule has 2 aromatic heterocycles. The highest BCUT2D eigenvalue weighted by atomic mass is 15.1. The molecule has 0 amide bonds. The number of hydrogen-bond donors (Lipinski definition) is 0. The molecule has 0 fully saturated rings. The second-order valence-electron chi connectivity index (χ2n) is 20.0. The van der Waals surface area contributed by atoms with Crippen LogP contribution in [0.5, 0.6) is 0 Å². The fraction of sp³-hybridized carbons (Fsp3) is 0.143. The van der Waals surface area contributed by atoms with Crippen LogP contribution in [0.3, 0.4) is 0 Å². The van der Waals surface area contributed by atoms with Crippen LogP contribution in [0.25, 0.3) is 77.2 Å². The molecular formula is C63H55N3. The first-order valence-electron chi connectivity index (χ1n) is 23.3. The van der Waals surface area contributed by atoms with Gasteiger partial charge in [-0.15, -0.1) is 0 Å². The van der Waals surface area contributed by atoms with Crippen LogP contribution in [0.1, 0.15) is 58.2 Å². The zero-order valence-corrected chi connectivity index (χ0v) is 39.0. The van der Waals surface area contributed by atoms with Crippen molar-refractivity contribution >= 4 is 60.7 Å². The summed E-state index contributed by atoms with van der Waals surface area (Å²) in [5, 5.41) is 5.01. The molecule has 0 radical (unpaired) electrons. The zero-order valence-electron chi connectivity index (χ0n) is 39.0. The van der Waals surface area contributed by atoms with Crippen molar-refractivity contribution < 1.29 is 0 Å². The molecule has 0 bridgehead atoms. The maximum absolute atomic E-state index is 2.41. The van der Waals surface area contributed by atoms with Gasteiger partial charge in [0.2, 0.25) is 0 Å². The molecule has 0 saturated carbocycles. The molecule has 0 aliphatic heterocycles. The van der Waals surface area contributed by atoms with E-state index in [1.165, 1.54) is 88.2 Å². The zero-order chi connectivity index (χ0) is 45.3. The molecule has 0 aliphatic carbocycles. The van der Waals surface area contributed by atoms with Crippen molar-refractivity contribution in [2.45, 2.75) is 59.3 Å². The Bertz CT molecular complexity index is 3500. The molecule has 0 N–H and O–H groups in total. The lowest BCUT2D eigenvalue weighted by atomic mass is 9.86. The molecule has 0 spiro atoms. The van der Waals surface area contributed by atoms with Crippen LogP contribution in [0, 0.1) is 6.92 Å². The number of anilines is 3. The van der Waals surface area contributed by atoms with Gasteiger partial charge in [-0.2, -0.15) is 0 Å². The van der Waals surface area contributed by atoms with Crippen LogP contribution in [0.15, 0.2) is 206 Å². The van der Waals surface area contributed by atoms with E-state index in [0.29, 0.717) is 0 Å². The SMILES string of the molecule is Cc1ccc(-n2c3ccccc3c3cc(-c4ccc5c(c4)c4ccccc4n5-c4ccc(-c5ccc(N(c6ccc(C(C)(C)C)cc6)c6ccc(C(C)(C)C)cc6)cc5)cc4)ccc32)cc1. The minimum absolute atomic E-state index is 0.0869. The highest BCUT2D eigenvalue weighted by Crippen LogP contribution is 2.41. The van der Waals surface area contributed by atoms with E-state index in [9.17, 15) is 0 Å². The molecule has 0 aliphatic rings. The molecule has 0 atom stereocenters. The van der Waals surface area contributed by atoms with Crippen LogP contribution in [-0.2, 0) is 10.8 Å². The lowest BCUT2D eigenvalue weighted by molar-refractivity contribution is 0.590. The maximum atomic E-state index is 2.41. The summed E-state index contributed by atoms with van der Waals surface area (Å²) in [5.41, 5.74) is 19.4. The van der Waals surface area contributed by atoms with Crippen molar-refractivity contribution in [2.24, 2.45) is 0 Å². The molecular weight excluding hydrogens is 799 g/mol. The van der Waals surface area contributed by atoms with Crippen LogP contribution in [-0.4, -0.2) is 9.13 Å². The molecule has 3 nitrogen and oxygen atoms in total. The van der Waals surface area contributed by atoms with E-state index in [-0.39, 0.29) is 10.8 Å². The Morgan fingerprint density at radius 1 is 0.318 bits per heavy atom. The Hall–Kier alpha value is -7.62. The monoisotopic (exact) mass is 853 g/mol. The highest BCUT2D eigenvalue weighted by molar-refractivity contribution is 6.12. The maximum Gasteiger partial charge on any atom is 0.0541 e. The topological polar surface area (TPSA) is 13.1 Å². The molecule has 322 valence electrons. The van der Waals surface area contributed by atoms with E-state index in [2.05, 4.69) is 269 Å². The van der Waals surface area contributed by atoms with Crippen molar-refractivity contribution in [1.29, 1.82) is 0 Å². The van der Waals surface area contributed by atoms with Crippen LogP contribution >= 0.6 is 0 Å². The summed E-state index contributed by atoms with van der Waals surface area (Å²) >= 11 is 0. The number of rotatable bonds is 7. The molecule has 3 heteroatoms. The Kier molecular flexibility index (Phi) is 9.85. The minimum Gasteiger partial charge on any atom is -0.311 e. The van der Waals surface area contributed by atoms with Gasteiger partial charge in [0.25, 0.3) is 0 Å². The molecule has 0 saturated heterocycles. The first kappa shape index (κ1) is 41.1. The Morgan fingerprint density at radius 3 is 1.06 bits per heavy atom. The summed E-state index contributed by atoms with van der Waals surface area (Å²) in [6, 6.07) is 76.5. The lowest BCUT2D eigenvalue weighted by Crippen LogP contribution is -2.14. The normalized spacial score (nSPS) is 12.2. The van der Waals surface area contributed by atoms with Crippen LogP contribution in [0.2, 0.25) is 0 Å². The Labute approximate surface area is 388 Å². The number of aromatic nitrogens is 2. The third-order valence-electron chi connectivity index (χ3n) is 13.5. The van der Waals surface area contributed by atoms with Gasteiger partial charge in [-0.05, 0) is 148 Å². The first-order valence-corrected chi connectivity index (χ1v) is 23.3. The van der Waals surface area contributed by atoms with E-state index >= 15 is 0 Å². The smallest absolute Gasteiger partial charge is 0.0541 e. The predicted octanol–water partition coefficient (Wildman–Crippen LogP) is 17.6. The summed E-state index contributed by atoms with van der Waals surface area (Å²) < 4.78 is 4.80. The average molecular weight is 854 g/mol. The highest BCUT2D eigenvalue weighted by Gasteiger charge is 2.20.